The fourth-order valence-electron chi connectivity index (χ4n) is 2.35. The molecule has 0 radical (unpaired) electrons. The highest BCUT2D eigenvalue weighted by molar-refractivity contribution is 14.1. The molecule has 0 aliphatic heterocycles. The van der Waals surface area contributed by atoms with Crippen molar-refractivity contribution in [2.75, 3.05) is 0 Å². The van der Waals surface area contributed by atoms with E-state index < -0.39 is 5.97 Å². The van der Waals surface area contributed by atoms with E-state index in [0.29, 0.717) is 16.9 Å². The zero-order chi connectivity index (χ0) is 19.9. The standard InChI is InChI=1S/C22H17IN2O3/c1-15-6-10-17(11-7-15)22(27)28-18-12-8-16(9-13-18)14-24-25-21(26)19-4-2-3-5-20(19)23/h2-14H,1H3,(H,25,26)/b24-14-. The summed E-state index contributed by atoms with van der Waals surface area (Å²) in [5.41, 5.74) is 5.40. The average molecular weight is 484 g/mol. The highest BCUT2D eigenvalue weighted by Gasteiger charge is 2.09. The van der Waals surface area contributed by atoms with Crippen molar-refractivity contribution in [1.82, 2.24) is 5.43 Å². The normalized spacial score (nSPS) is 10.6. The summed E-state index contributed by atoms with van der Waals surface area (Å²) in [6.07, 6.45) is 1.53. The molecular formula is C22H17IN2O3. The highest BCUT2D eigenvalue weighted by Crippen LogP contribution is 2.14. The lowest BCUT2D eigenvalue weighted by Gasteiger charge is -2.05. The Balaban J connectivity index is 1.57. The molecule has 3 aromatic rings. The largest absolute Gasteiger partial charge is 0.423 e. The molecule has 0 spiro atoms. The molecule has 0 bridgehead atoms. The number of hydrogen-bond acceptors (Lipinski definition) is 4. The van der Waals surface area contributed by atoms with Gasteiger partial charge in [-0.2, -0.15) is 5.10 Å². The number of esters is 1. The van der Waals surface area contributed by atoms with Crippen molar-refractivity contribution in [1.29, 1.82) is 0 Å². The van der Waals surface area contributed by atoms with Crippen LogP contribution in [0.5, 0.6) is 5.75 Å². The SMILES string of the molecule is Cc1ccc(C(=O)Oc2ccc(/C=N\NC(=O)c3ccccc3I)cc2)cc1. The molecule has 6 heteroatoms. The van der Waals surface area contributed by atoms with Gasteiger partial charge in [0.25, 0.3) is 5.91 Å². The van der Waals surface area contributed by atoms with E-state index in [4.69, 9.17) is 4.74 Å². The van der Waals surface area contributed by atoms with Gasteiger partial charge in [0.15, 0.2) is 0 Å². The van der Waals surface area contributed by atoms with Crippen LogP contribution in [0, 0.1) is 10.5 Å². The van der Waals surface area contributed by atoms with E-state index in [0.717, 1.165) is 14.7 Å². The van der Waals surface area contributed by atoms with E-state index >= 15 is 0 Å². The van der Waals surface area contributed by atoms with Crippen LogP contribution in [-0.2, 0) is 0 Å². The molecule has 1 amide bonds. The number of ether oxygens (including phenoxy) is 1. The second kappa shape index (κ2) is 9.27. The highest BCUT2D eigenvalue weighted by atomic mass is 127. The van der Waals surface area contributed by atoms with Crippen molar-refractivity contribution < 1.29 is 14.3 Å². The number of hydrazone groups is 1. The number of hydrogen-bond donors (Lipinski definition) is 1. The summed E-state index contributed by atoms with van der Waals surface area (Å²) in [6, 6.07) is 21.3. The summed E-state index contributed by atoms with van der Waals surface area (Å²) in [7, 11) is 0. The van der Waals surface area contributed by atoms with Gasteiger partial charge in [-0.1, -0.05) is 29.8 Å². The molecule has 0 aromatic heterocycles. The molecule has 0 heterocycles. The average Bonchev–Trinajstić information content (AvgIpc) is 2.70. The molecule has 5 nitrogen and oxygen atoms in total. The number of carbonyl (C=O) groups excluding carboxylic acids is 2. The zero-order valence-corrected chi connectivity index (χ0v) is 17.2. The number of rotatable bonds is 5. The van der Waals surface area contributed by atoms with Gasteiger partial charge in [-0.05, 0) is 83.6 Å². The Morgan fingerprint density at radius 1 is 0.964 bits per heavy atom. The number of nitrogens with zero attached hydrogens (tertiary/aromatic N) is 1. The lowest BCUT2D eigenvalue weighted by molar-refractivity contribution is 0.0734. The molecule has 0 saturated heterocycles. The summed E-state index contributed by atoms with van der Waals surface area (Å²) >= 11 is 2.10. The summed E-state index contributed by atoms with van der Waals surface area (Å²) in [5.74, 6) is -0.248. The van der Waals surface area contributed by atoms with Crippen LogP contribution in [0.3, 0.4) is 0 Å². The first-order valence-electron chi connectivity index (χ1n) is 8.50. The number of amides is 1. The van der Waals surface area contributed by atoms with Gasteiger partial charge in [-0.25, -0.2) is 10.2 Å². The second-order valence-electron chi connectivity index (χ2n) is 6.00. The maximum absolute atomic E-state index is 12.1. The third kappa shape index (κ3) is 5.26. The molecule has 0 unspecified atom stereocenters. The molecule has 3 rings (SSSR count). The lowest BCUT2D eigenvalue weighted by atomic mass is 10.1. The number of nitrogens with one attached hydrogen (secondary N) is 1. The van der Waals surface area contributed by atoms with Gasteiger partial charge in [0.05, 0.1) is 17.3 Å². The smallest absolute Gasteiger partial charge is 0.343 e. The molecule has 3 aromatic carbocycles. The number of benzene rings is 3. The molecule has 0 atom stereocenters. The molecule has 0 aliphatic rings. The molecular weight excluding hydrogens is 467 g/mol. The number of carbonyl (C=O) groups is 2. The topological polar surface area (TPSA) is 67.8 Å². The van der Waals surface area contributed by atoms with E-state index in [9.17, 15) is 9.59 Å². The Kier molecular flexibility index (Phi) is 6.54. The summed E-state index contributed by atoms with van der Waals surface area (Å²) < 4.78 is 6.21. The Bertz CT molecular complexity index is 1010. The Morgan fingerprint density at radius 3 is 2.32 bits per heavy atom. The monoisotopic (exact) mass is 484 g/mol. The zero-order valence-electron chi connectivity index (χ0n) is 15.1. The van der Waals surface area contributed by atoms with E-state index in [2.05, 4.69) is 33.1 Å². The summed E-state index contributed by atoms with van der Waals surface area (Å²) in [4.78, 5) is 24.2. The molecule has 140 valence electrons. The van der Waals surface area contributed by atoms with Crippen LogP contribution in [0.2, 0.25) is 0 Å². The minimum absolute atomic E-state index is 0.273. The van der Waals surface area contributed by atoms with Crippen LogP contribution in [0.25, 0.3) is 0 Å². The number of aryl methyl sites for hydroxylation is 1. The van der Waals surface area contributed by atoms with Crippen molar-refractivity contribution >= 4 is 40.7 Å². The van der Waals surface area contributed by atoms with Gasteiger partial charge in [-0.3, -0.25) is 4.79 Å². The van der Waals surface area contributed by atoms with E-state index in [1.54, 1.807) is 48.5 Å². The van der Waals surface area contributed by atoms with Crippen molar-refractivity contribution in [2.45, 2.75) is 6.92 Å². The maximum Gasteiger partial charge on any atom is 0.343 e. The molecule has 28 heavy (non-hydrogen) atoms. The summed E-state index contributed by atoms with van der Waals surface area (Å²) in [5, 5.41) is 3.97. The minimum Gasteiger partial charge on any atom is -0.423 e. The van der Waals surface area contributed by atoms with Gasteiger partial charge in [-0.15, -0.1) is 0 Å². The van der Waals surface area contributed by atoms with Crippen LogP contribution in [0.4, 0.5) is 0 Å². The lowest BCUT2D eigenvalue weighted by Crippen LogP contribution is -2.18. The fourth-order valence-corrected chi connectivity index (χ4v) is 2.98. The fraction of sp³-hybridized carbons (Fsp3) is 0.0455. The Hall–Kier alpha value is -3.00. The molecule has 0 fully saturated rings. The second-order valence-corrected chi connectivity index (χ2v) is 7.17. The van der Waals surface area contributed by atoms with Crippen LogP contribution in [0.15, 0.2) is 77.9 Å². The predicted molar refractivity (Wildman–Crippen MR) is 117 cm³/mol. The van der Waals surface area contributed by atoms with Gasteiger partial charge >= 0.3 is 5.97 Å². The van der Waals surface area contributed by atoms with E-state index in [-0.39, 0.29) is 5.91 Å². The van der Waals surface area contributed by atoms with Crippen molar-refractivity contribution in [3.63, 3.8) is 0 Å². The van der Waals surface area contributed by atoms with Gasteiger partial charge in [0, 0.05) is 3.57 Å². The van der Waals surface area contributed by atoms with Gasteiger partial charge < -0.3 is 4.74 Å². The van der Waals surface area contributed by atoms with Crippen molar-refractivity contribution in [3.8, 4) is 5.75 Å². The summed E-state index contributed by atoms with van der Waals surface area (Å²) in [6.45, 7) is 1.96. The van der Waals surface area contributed by atoms with Gasteiger partial charge in [0.2, 0.25) is 0 Å². The van der Waals surface area contributed by atoms with Crippen LogP contribution in [-0.4, -0.2) is 18.1 Å². The first-order chi connectivity index (χ1) is 13.5. The first kappa shape index (κ1) is 19.8. The van der Waals surface area contributed by atoms with Crippen LogP contribution in [0.1, 0.15) is 31.8 Å². The molecule has 1 N–H and O–H groups in total. The Morgan fingerprint density at radius 2 is 1.64 bits per heavy atom. The third-order valence-corrected chi connectivity index (χ3v) is 4.82. The number of halogens is 1. The molecule has 0 aliphatic carbocycles. The quantitative estimate of drug-likeness (QED) is 0.190. The Labute approximate surface area is 176 Å². The van der Waals surface area contributed by atoms with Gasteiger partial charge in [0.1, 0.15) is 5.75 Å². The van der Waals surface area contributed by atoms with Crippen LogP contribution >= 0.6 is 22.6 Å². The first-order valence-corrected chi connectivity index (χ1v) is 9.57. The van der Waals surface area contributed by atoms with Crippen molar-refractivity contribution in [3.05, 3.63) is 98.6 Å². The third-order valence-electron chi connectivity index (χ3n) is 3.88. The molecule has 0 saturated carbocycles. The maximum atomic E-state index is 12.1. The van der Waals surface area contributed by atoms with E-state index in [1.165, 1.54) is 6.21 Å². The minimum atomic E-state index is -0.411. The van der Waals surface area contributed by atoms with Crippen LogP contribution < -0.4 is 10.2 Å². The van der Waals surface area contributed by atoms with E-state index in [1.807, 2.05) is 31.2 Å². The predicted octanol–water partition coefficient (Wildman–Crippen LogP) is 4.58. The van der Waals surface area contributed by atoms with Crippen molar-refractivity contribution in [2.24, 2.45) is 5.10 Å².